The number of carbonyl (C=O) groups excluding carboxylic acids is 1. The third kappa shape index (κ3) is 5.54. The number of aryl methyl sites for hydroxylation is 1. The molecule has 0 saturated carbocycles. The lowest BCUT2D eigenvalue weighted by Crippen LogP contribution is -2.39. The number of hydrogen-bond acceptors (Lipinski definition) is 5. The van der Waals surface area contributed by atoms with Crippen molar-refractivity contribution in [1.82, 2.24) is 9.88 Å². The number of amides is 1. The van der Waals surface area contributed by atoms with Crippen LogP contribution >= 0.6 is 35.1 Å². The molecule has 0 fully saturated rings. The minimum atomic E-state index is 0. The largest absolute Gasteiger partial charge is 0.302 e. The summed E-state index contributed by atoms with van der Waals surface area (Å²) >= 11 is 3.25. The van der Waals surface area contributed by atoms with Crippen molar-refractivity contribution in [1.29, 1.82) is 0 Å². The first kappa shape index (κ1) is 22.8. The molecule has 1 aromatic carbocycles. The van der Waals surface area contributed by atoms with Crippen molar-refractivity contribution < 1.29 is 4.79 Å². The molecule has 0 bridgehead atoms. The predicted octanol–water partition coefficient (Wildman–Crippen LogP) is 5.26. The number of halogens is 1. The zero-order valence-corrected chi connectivity index (χ0v) is 19.1. The predicted molar refractivity (Wildman–Crippen MR) is 124 cm³/mol. The van der Waals surface area contributed by atoms with Crippen LogP contribution < -0.4 is 4.90 Å². The fourth-order valence-corrected chi connectivity index (χ4v) is 4.83. The Kier molecular flexibility index (Phi) is 8.89. The van der Waals surface area contributed by atoms with E-state index in [9.17, 15) is 4.79 Å². The van der Waals surface area contributed by atoms with E-state index in [2.05, 4.69) is 43.9 Å². The van der Waals surface area contributed by atoms with Crippen molar-refractivity contribution >= 4 is 56.3 Å². The Labute approximate surface area is 181 Å². The van der Waals surface area contributed by atoms with Crippen LogP contribution in [0.3, 0.4) is 0 Å². The van der Waals surface area contributed by atoms with Gasteiger partial charge in [-0.1, -0.05) is 44.2 Å². The molecular weight excluding hydrogens is 410 g/mol. The summed E-state index contributed by atoms with van der Waals surface area (Å²) in [6.07, 6.45) is 1.44. The van der Waals surface area contributed by atoms with Crippen molar-refractivity contribution in [2.45, 2.75) is 33.6 Å². The Morgan fingerprint density at radius 1 is 1.11 bits per heavy atom. The van der Waals surface area contributed by atoms with Crippen LogP contribution in [0.25, 0.3) is 10.2 Å². The van der Waals surface area contributed by atoms with Gasteiger partial charge in [-0.15, -0.1) is 23.7 Å². The van der Waals surface area contributed by atoms with Crippen LogP contribution in [0.15, 0.2) is 35.7 Å². The van der Waals surface area contributed by atoms with E-state index in [-0.39, 0.29) is 18.3 Å². The number of carbonyl (C=O) groups is 1. The second kappa shape index (κ2) is 10.9. The second-order valence-electron chi connectivity index (χ2n) is 6.48. The van der Waals surface area contributed by atoms with Gasteiger partial charge >= 0.3 is 0 Å². The first-order chi connectivity index (χ1) is 13.1. The summed E-state index contributed by atoms with van der Waals surface area (Å²) in [5.41, 5.74) is 2.28. The van der Waals surface area contributed by atoms with Gasteiger partial charge in [-0.05, 0) is 48.7 Å². The summed E-state index contributed by atoms with van der Waals surface area (Å²) in [6.45, 7) is 9.98. The number of thiazole rings is 1. The third-order valence-electron chi connectivity index (χ3n) is 4.82. The third-order valence-corrected chi connectivity index (χ3v) is 6.74. The summed E-state index contributed by atoms with van der Waals surface area (Å²) in [4.78, 5) is 23.2. The molecule has 0 radical (unpaired) electrons. The van der Waals surface area contributed by atoms with Crippen LogP contribution in [0, 0.1) is 0 Å². The molecule has 3 rings (SSSR count). The van der Waals surface area contributed by atoms with Crippen molar-refractivity contribution in [3.63, 3.8) is 0 Å². The van der Waals surface area contributed by atoms with Crippen molar-refractivity contribution in [2.75, 3.05) is 31.1 Å². The minimum Gasteiger partial charge on any atom is -0.302 e. The number of benzene rings is 1. The molecular formula is C21H28ClN3OS2. The second-order valence-corrected chi connectivity index (χ2v) is 8.52. The molecule has 3 aromatic rings. The van der Waals surface area contributed by atoms with Gasteiger partial charge < -0.3 is 4.90 Å². The molecule has 0 N–H and O–H groups in total. The zero-order valence-electron chi connectivity index (χ0n) is 16.7. The Morgan fingerprint density at radius 2 is 1.89 bits per heavy atom. The normalized spacial score (nSPS) is 11.0. The SMILES string of the molecule is CCc1ccc2nc(N(CCN(CC)CC)C(=O)Cc3cccs3)sc2c1.Cl. The quantitative estimate of drug-likeness (QED) is 0.458. The maximum Gasteiger partial charge on any atom is 0.234 e. The topological polar surface area (TPSA) is 36.4 Å². The average molecular weight is 438 g/mol. The number of hydrogen-bond donors (Lipinski definition) is 0. The fourth-order valence-electron chi connectivity index (χ4n) is 3.06. The lowest BCUT2D eigenvalue weighted by atomic mass is 10.2. The fraction of sp³-hybridized carbons (Fsp3) is 0.429. The lowest BCUT2D eigenvalue weighted by Gasteiger charge is -2.24. The monoisotopic (exact) mass is 437 g/mol. The number of aromatic nitrogens is 1. The molecule has 0 atom stereocenters. The molecule has 0 saturated heterocycles. The first-order valence-electron chi connectivity index (χ1n) is 9.59. The van der Waals surface area contributed by atoms with Crippen LogP contribution in [-0.4, -0.2) is 42.0 Å². The first-order valence-corrected chi connectivity index (χ1v) is 11.3. The number of rotatable bonds is 9. The number of nitrogens with zero attached hydrogens (tertiary/aromatic N) is 3. The zero-order chi connectivity index (χ0) is 19.2. The number of fused-ring (bicyclic) bond motifs is 1. The van der Waals surface area contributed by atoms with E-state index in [0.29, 0.717) is 13.0 Å². The van der Waals surface area contributed by atoms with Crippen molar-refractivity contribution in [3.05, 3.63) is 46.2 Å². The van der Waals surface area contributed by atoms with Crippen LogP contribution in [0.1, 0.15) is 31.2 Å². The van der Waals surface area contributed by atoms with Gasteiger partial charge in [0, 0.05) is 18.0 Å². The van der Waals surface area contributed by atoms with Crippen LogP contribution in [0.2, 0.25) is 0 Å². The standard InChI is InChI=1S/C21H27N3OS2.ClH/c1-4-16-9-10-18-19(14-16)27-21(22-18)24(12-11-23(5-2)6-3)20(25)15-17-8-7-13-26-17;/h7-10,13-14H,4-6,11-12,15H2,1-3H3;1H. The van der Waals surface area contributed by atoms with Gasteiger partial charge in [0.2, 0.25) is 5.91 Å². The maximum absolute atomic E-state index is 13.1. The molecule has 0 unspecified atom stereocenters. The Balaban J connectivity index is 0.00000280. The van der Waals surface area contributed by atoms with Crippen LogP contribution in [0.4, 0.5) is 5.13 Å². The highest BCUT2D eigenvalue weighted by molar-refractivity contribution is 7.22. The van der Waals surface area contributed by atoms with Gasteiger partial charge in [-0.2, -0.15) is 0 Å². The molecule has 2 aromatic heterocycles. The molecule has 152 valence electrons. The van der Waals surface area contributed by atoms with Crippen LogP contribution in [0.5, 0.6) is 0 Å². The summed E-state index contributed by atoms with van der Waals surface area (Å²) in [6, 6.07) is 10.4. The van der Waals surface area contributed by atoms with Crippen molar-refractivity contribution in [3.8, 4) is 0 Å². The highest BCUT2D eigenvalue weighted by Crippen LogP contribution is 2.30. The smallest absolute Gasteiger partial charge is 0.234 e. The highest BCUT2D eigenvalue weighted by atomic mass is 35.5. The molecule has 28 heavy (non-hydrogen) atoms. The van der Waals surface area contributed by atoms with E-state index < -0.39 is 0 Å². The van der Waals surface area contributed by atoms with E-state index in [1.807, 2.05) is 22.4 Å². The van der Waals surface area contributed by atoms with E-state index >= 15 is 0 Å². The van der Waals surface area contributed by atoms with Gasteiger partial charge in [-0.3, -0.25) is 9.69 Å². The minimum absolute atomic E-state index is 0. The Morgan fingerprint density at radius 3 is 2.54 bits per heavy atom. The molecule has 0 aliphatic carbocycles. The molecule has 2 heterocycles. The number of likely N-dealkylation sites (N-methyl/N-ethyl adjacent to an activating group) is 1. The van der Waals surface area contributed by atoms with E-state index in [0.717, 1.165) is 46.3 Å². The maximum atomic E-state index is 13.1. The van der Waals surface area contributed by atoms with Gasteiger partial charge in [0.1, 0.15) is 0 Å². The average Bonchev–Trinajstić information content (AvgIpc) is 3.33. The molecule has 0 spiro atoms. The van der Waals surface area contributed by atoms with Crippen molar-refractivity contribution in [2.24, 2.45) is 0 Å². The number of anilines is 1. The summed E-state index contributed by atoms with van der Waals surface area (Å²) in [5, 5.41) is 2.83. The van der Waals surface area contributed by atoms with Gasteiger partial charge in [0.05, 0.1) is 16.6 Å². The van der Waals surface area contributed by atoms with Gasteiger partial charge in [0.15, 0.2) is 5.13 Å². The van der Waals surface area contributed by atoms with E-state index in [1.165, 1.54) is 5.56 Å². The highest BCUT2D eigenvalue weighted by Gasteiger charge is 2.21. The van der Waals surface area contributed by atoms with Gasteiger partial charge in [0.25, 0.3) is 0 Å². The molecule has 0 aliphatic rings. The summed E-state index contributed by atoms with van der Waals surface area (Å²) in [5.74, 6) is 0.124. The Bertz CT molecular complexity index is 875. The summed E-state index contributed by atoms with van der Waals surface area (Å²) < 4.78 is 1.15. The Hall–Kier alpha value is -1.47. The van der Waals surface area contributed by atoms with E-state index in [1.54, 1.807) is 22.7 Å². The molecule has 7 heteroatoms. The van der Waals surface area contributed by atoms with Crippen LogP contribution in [-0.2, 0) is 17.6 Å². The molecule has 0 aliphatic heterocycles. The lowest BCUT2D eigenvalue weighted by molar-refractivity contribution is -0.118. The molecule has 4 nitrogen and oxygen atoms in total. The summed E-state index contributed by atoms with van der Waals surface area (Å²) in [7, 11) is 0. The molecule has 1 amide bonds. The van der Waals surface area contributed by atoms with E-state index in [4.69, 9.17) is 4.98 Å². The number of thiophene rings is 1. The van der Waals surface area contributed by atoms with Gasteiger partial charge in [-0.25, -0.2) is 4.98 Å².